The van der Waals surface area contributed by atoms with Crippen LogP contribution < -0.4 is 10.1 Å². The van der Waals surface area contributed by atoms with Crippen LogP contribution in [0.1, 0.15) is 23.2 Å². The summed E-state index contributed by atoms with van der Waals surface area (Å²) in [7, 11) is 1.61. The summed E-state index contributed by atoms with van der Waals surface area (Å²) in [6, 6.07) is 14.7. The lowest BCUT2D eigenvalue weighted by Crippen LogP contribution is -2.42. The summed E-state index contributed by atoms with van der Waals surface area (Å²) in [5.74, 6) is -0.720. The molecule has 3 rings (SSSR count). The van der Waals surface area contributed by atoms with Crippen LogP contribution in [0.15, 0.2) is 48.5 Å². The fourth-order valence-electron chi connectivity index (χ4n) is 3.14. The summed E-state index contributed by atoms with van der Waals surface area (Å²) >= 11 is 0. The van der Waals surface area contributed by atoms with Gasteiger partial charge in [0.05, 0.1) is 24.3 Å². The number of anilines is 2. The highest BCUT2D eigenvalue weighted by atomic mass is 16.5. The maximum Gasteiger partial charge on any atom is 0.308 e. The van der Waals surface area contributed by atoms with Crippen molar-refractivity contribution in [2.75, 3.05) is 25.5 Å². The van der Waals surface area contributed by atoms with Crippen molar-refractivity contribution in [3.8, 4) is 5.75 Å². The van der Waals surface area contributed by atoms with E-state index in [4.69, 9.17) is 4.74 Å². The Hall–Kier alpha value is -3.02. The van der Waals surface area contributed by atoms with E-state index in [1.165, 1.54) is 0 Å². The van der Waals surface area contributed by atoms with Gasteiger partial charge < -0.3 is 20.1 Å². The Kier molecular flexibility index (Phi) is 5.41. The number of nitrogens with zero attached hydrogens (tertiary/aromatic N) is 1. The number of carbonyl (C=O) groups is 2. The van der Waals surface area contributed by atoms with E-state index < -0.39 is 11.9 Å². The molecule has 0 spiro atoms. The summed E-state index contributed by atoms with van der Waals surface area (Å²) in [5, 5.41) is 12.5. The molecule has 136 valence electrons. The van der Waals surface area contributed by atoms with Crippen molar-refractivity contribution in [2.24, 2.45) is 5.92 Å². The van der Waals surface area contributed by atoms with Crippen molar-refractivity contribution in [3.63, 3.8) is 0 Å². The largest absolute Gasteiger partial charge is 0.497 e. The Morgan fingerprint density at radius 3 is 2.58 bits per heavy atom. The van der Waals surface area contributed by atoms with E-state index in [0.29, 0.717) is 30.6 Å². The van der Waals surface area contributed by atoms with Crippen molar-refractivity contribution in [1.82, 2.24) is 4.90 Å². The lowest BCUT2D eigenvalue weighted by Gasteiger charge is -2.31. The zero-order valence-electron chi connectivity index (χ0n) is 14.6. The maximum atomic E-state index is 13.0. The normalized spacial score (nSPS) is 16.8. The molecular formula is C20H22N2O4. The van der Waals surface area contributed by atoms with Crippen LogP contribution in [-0.2, 0) is 4.79 Å². The number of rotatable bonds is 5. The molecule has 1 fully saturated rings. The Morgan fingerprint density at radius 2 is 1.88 bits per heavy atom. The molecule has 1 saturated heterocycles. The predicted octanol–water partition coefficient (Wildman–Crippen LogP) is 3.38. The summed E-state index contributed by atoms with van der Waals surface area (Å²) in [6.45, 7) is 0.838. The first kappa shape index (κ1) is 17.8. The van der Waals surface area contributed by atoms with Crippen molar-refractivity contribution >= 4 is 23.3 Å². The van der Waals surface area contributed by atoms with E-state index in [9.17, 15) is 14.7 Å². The molecule has 0 unspecified atom stereocenters. The number of carboxylic acid groups (broad SMARTS) is 1. The SMILES string of the molecule is COc1ccc(Nc2ccccc2C(=O)N2CCC[C@H](C(=O)O)C2)cc1. The third kappa shape index (κ3) is 3.96. The van der Waals surface area contributed by atoms with Gasteiger partial charge in [-0.1, -0.05) is 12.1 Å². The molecule has 1 atom stereocenters. The van der Waals surface area contributed by atoms with Gasteiger partial charge in [0, 0.05) is 18.8 Å². The molecule has 0 aliphatic carbocycles. The van der Waals surface area contributed by atoms with Crippen LogP contribution in [0.3, 0.4) is 0 Å². The van der Waals surface area contributed by atoms with Gasteiger partial charge in [0.15, 0.2) is 0 Å². The number of hydrogen-bond donors (Lipinski definition) is 2. The third-order valence-electron chi connectivity index (χ3n) is 4.58. The second-order valence-electron chi connectivity index (χ2n) is 6.33. The summed E-state index contributed by atoms with van der Waals surface area (Å²) in [4.78, 5) is 25.8. The van der Waals surface area contributed by atoms with Crippen LogP contribution in [0.2, 0.25) is 0 Å². The number of aliphatic carboxylic acids is 1. The molecule has 0 radical (unpaired) electrons. The standard InChI is InChI=1S/C20H22N2O4/c1-26-16-10-8-15(9-11-16)21-18-7-3-2-6-17(18)19(23)22-12-4-5-14(13-22)20(24)25/h2-3,6-11,14,21H,4-5,12-13H2,1H3,(H,24,25)/t14-/m0/s1. The zero-order chi connectivity index (χ0) is 18.5. The van der Waals surface area contributed by atoms with E-state index in [1.54, 1.807) is 18.1 Å². The molecule has 1 aliphatic heterocycles. The molecule has 2 aromatic carbocycles. The second kappa shape index (κ2) is 7.91. The molecule has 6 nitrogen and oxygen atoms in total. The number of likely N-dealkylation sites (tertiary alicyclic amines) is 1. The number of methoxy groups -OCH3 is 1. The molecule has 26 heavy (non-hydrogen) atoms. The number of para-hydroxylation sites is 1. The van der Waals surface area contributed by atoms with Crippen LogP contribution >= 0.6 is 0 Å². The minimum atomic E-state index is -0.841. The maximum absolute atomic E-state index is 13.0. The lowest BCUT2D eigenvalue weighted by molar-refractivity contribution is -0.143. The first-order chi connectivity index (χ1) is 12.6. The fraction of sp³-hybridized carbons (Fsp3) is 0.300. The molecule has 6 heteroatoms. The van der Waals surface area contributed by atoms with Crippen molar-refractivity contribution in [3.05, 3.63) is 54.1 Å². The number of carboxylic acids is 1. The van der Waals surface area contributed by atoms with Gasteiger partial charge >= 0.3 is 5.97 Å². The lowest BCUT2D eigenvalue weighted by atomic mass is 9.97. The quantitative estimate of drug-likeness (QED) is 0.861. The molecule has 0 saturated carbocycles. The topological polar surface area (TPSA) is 78.9 Å². The van der Waals surface area contributed by atoms with Gasteiger partial charge in [-0.2, -0.15) is 0 Å². The Labute approximate surface area is 152 Å². The average molecular weight is 354 g/mol. The van der Waals surface area contributed by atoms with Gasteiger partial charge in [-0.05, 0) is 49.2 Å². The minimum absolute atomic E-state index is 0.146. The highest BCUT2D eigenvalue weighted by Gasteiger charge is 2.29. The summed E-state index contributed by atoms with van der Waals surface area (Å²) < 4.78 is 5.15. The Bertz CT molecular complexity index is 789. The molecule has 0 bridgehead atoms. The molecular weight excluding hydrogens is 332 g/mol. The smallest absolute Gasteiger partial charge is 0.308 e. The second-order valence-corrected chi connectivity index (χ2v) is 6.33. The van der Waals surface area contributed by atoms with Crippen molar-refractivity contribution in [1.29, 1.82) is 0 Å². The average Bonchev–Trinajstić information content (AvgIpc) is 2.68. The van der Waals surface area contributed by atoms with Gasteiger partial charge in [-0.25, -0.2) is 0 Å². The zero-order valence-corrected chi connectivity index (χ0v) is 14.6. The van der Waals surface area contributed by atoms with Crippen molar-refractivity contribution < 1.29 is 19.4 Å². The number of nitrogens with one attached hydrogen (secondary N) is 1. The number of carbonyl (C=O) groups excluding carboxylic acids is 1. The monoisotopic (exact) mass is 354 g/mol. The first-order valence-corrected chi connectivity index (χ1v) is 8.60. The van der Waals surface area contributed by atoms with E-state index in [-0.39, 0.29) is 12.5 Å². The minimum Gasteiger partial charge on any atom is -0.497 e. The summed E-state index contributed by atoms with van der Waals surface area (Å²) in [5.41, 5.74) is 2.07. The fourth-order valence-corrected chi connectivity index (χ4v) is 3.14. The first-order valence-electron chi connectivity index (χ1n) is 8.60. The number of piperidine rings is 1. The number of ether oxygens (including phenoxy) is 1. The molecule has 1 aliphatic rings. The van der Waals surface area contributed by atoms with E-state index in [2.05, 4.69) is 5.32 Å². The number of hydrogen-bond acceptors (Lipinski definition) is 4. The van der Waals surface area contributed by atoms with Crippen LogP contribution in [0, 0.1) is 5.92 Å². The van der Waals surface area contributed by atoms with Crippen LogP contribution in [-0.4, -0.2) is 42.1 Å². The molecule has 0 aromatic heterocycles. The van der Waals surface area contributed by atoms with Crippen LogP contribution in [0.25, 0.3) is 0 Å². The molecule has 2 aromatic rings. The Morgan fingerprint density at radius 1 is 1.15 bits per heavy atom. The van der Waals surface area contributed by atoms with Crippen molar-refractivity contribution in [2.45, 2.75) is 12.8 Å². The molecule has 1 amide bonds. The van der Waals surface area contributed by atoms with Gasteiger partial charge in [0.25, 0.3) is 5.91 Å². The molecule has 2 N–H and O–H groups in total. The highest BCUT2D eigenvalue weighted by Crippen LogP contribution is 2.26. The predicted molar refractivity (Wildman–Crippen MR) is 99.0 cm³/mol. The highest BCUT2D eigenvalue weighted by molar-refractivity contribution is 6.00. The van der Waals surface area contributed by atoms with Gasteiger partial charge in [-0.15, -0.1) is 0 Å². The van der Waals surface area contributed by atoms with Crippen LogP contribution in [0.4, 0.5) is 11.4 Å². The van der Waals surface area contributed by atoms with E-state index >= 15 is 0 Å². The number of amides is 1. The van der Waals surface area contributed by atoms with Crippen LogP contribution in [0.5, 0.6) is 5.75 Å². The van der Waals surface area contributed by atoms with Gasteiger partial charge in [-0.3, -0.25) is 9.59 Å². The van der Waals surface area contributed by atoms with Gasteiger partial charge in [0.1, 0.15) is 5.75 Å². The molecule has 1 heterocycles. The van der Waals surface area contributed by atoms with E-state index in [0.717, 1.165) is 11.4 Å². The van der Waals surface area contributed by atoms with Gasteiger partial charge in [0.2, 0.25) is 0 Å². The third-order valence-corrected chi connectivity index (χ3v) is 4.58. The Balaban J connectivity index is 1.79. The van der Waals surface area contributed by atoms with E-state index in [1.807, 2.05) is 42.5 Å². The summed E-state index contributed by atoms with van der Waals surface area (Å²) in [6.07, 6.45) is 1.32. The number of benzene rings is 2.